The maximum absolute atomic E-state index is 5.20. The van der Waals surface area contributed by atoms with Crippen LogP contribution in [0.5, 0.6) is 0 Å². The van der Waals surface area contributed by atoms with E-state index in [0.29, 0.717) is 0 Å². The molecule has 0 saturated carbocycles. The minimum absolute atomic E-state index is 0.976. The summed E-state index contributed by atoms with van der Waals surface area (Å²) in [6.45, 7) is 0. The Bertz CT molecular complexity index is 2480. The maximum Gasteiger partial charge on any atom is 0.0817 e. The lowest BCUT2D eigenvalue weighted by Gasteiger charge is -2.20. The van der Waals surface area contributed by atoms with Gasteiger partial charge < -0.3 is 0 Å². The smallest absolute Gasteiger partial charge is 0.0817 e. The molecule has 0 aromatic heterocycles. The molecule has 0 atom stereocenters. The summed E-state index contributed by atoms with van der Waals surface area (Å²) in [7, 11) is 0. The first-order valence-electron chi connectivity index (χ1n) is 15.0. The van der Waals surface area contributed by atoms with Gasteiger partial charge in [-0.05, 0) is 63.2 Å². The van der Waals surface area contributed by atoms with Crippen LogP contribution in [0.2, 0.25) is 0 Å². The zero-order valence-electron chi connectivity index (χ0n) is 23.9. The van der Waals surface area contributed by atoms with E-state index < -0.39 is 0 Å². The van der Waals surface area contributed by atoms with Crippen LogP contribution < -0.4 is 10.7 Å². The van der Waals surface area contributed by atoms with E-state index in [9.17, 15) is 0 Å². The summed E-state index contributed by atoms with van der Waals surface area (Å²) in [6.07, 6.45) is 0. The fraction of sp³-hybridized carbons (Fsp3) is 0. The van der Waals surface area contributed by atoms with Crippen molar-refractivity contribution in [3.8, 4) is 55.6 Å². The SMILES string of the molecule is c1ccc(-c2ccccc2-c2ccccc2-c2c(-c3ccccc3)ccc3c2-c2c4c(ccc2=N3)=c2ccccc2=N4)cc1. The first kappa shape index (κ1) is 24.7. The fourth-order valence-corrected chi connectivity index (χ4v) is 6.90. The second kappa shape index (κ2) is 9.86. The van der Waals surface area contributed by atoms with Crippen LogP contribution in [0.4, 0.5) is 11.4 Å². The molecule has 0 spiro atoms. The normalized spacial score (nSPS) is 12.0. The number of nitrogens with zero attached hydrogens (tertiary/aromatic N) is 2. The van der Waals surface area contributed by atoms with E-state index in [2.05, 4.69) is 158 Å². The molecule has 2 nitrogen and oxygen atoms in total. The lowest BCUT2D eigenvalue weighted by molar-refractivity contribution is 1.36. The van der Waals surface area contributed by atoms with Gasteiger partial charge >= 0.3 is 0 Å². The van der Waals surface area contributed by atoms with E-state index in [-0.39, 0.29) is 0 Å². The topological polar surface area (TPSA) is 24.7 Å². The zero-order valence-corrected chi connectivity index (χ0v) is 23.9. The van der Waals surface area contributed by atoms with Crippen LogP contribution in [0.25, 0.3) is 55.6 Å². The molecule has 7 aromatic carbocycles. The summed E-state index contributed by atoms with van der Waals surface area (Å²) in [5, 5.41) is 4.34. The highest BCUT2D eigenvalue weighted by molar-refractivity contribution is 6.07. The van der Waals surface area contributed by atoms with Gasteiger partial charge in [0, 0.05) is 27.1 Å². The quantitative estimate of drug-likeness (QED) is 0.205. The van der Waals surface area contributed by atoms with Gasteiger partial charge in [-0.15, -0.1) is 0 Å². The second-order valence-corrected chi connectivity index (χ2v) is 11.3. The maximum atomic E-state index is 5.20. The van der Waals surface area contributed by atoms with E-state index in [1.807, 2.05) is 0 Å². The average Bonchev–Trinajstić information content (AvgIpc) is 3.67. The van der Waals surface area contributed by atoms with Gasteiger partial charge in [0.2, 0.25) is 0 Å². The monoisotopic (exact) mass is 558 g/mol. The van der Waals surface area contributed by atoms with Crippen molar-refractivity contribution in [2.75, 3.05) is 0 Å². The molecule has 2 heterocycles. The third-order valence-corrected chi connectivity index (χ3v) is 8.84. The van der Waals surface area contributed by atoms with Crippen molar-refractivity contribution in [3.05, 3.63) is 179 Å². The van der Waals surface area contributed by atoms with Crippen molar-refractivity contribution in [1.82, 2.24) is 0 Å². The number of hydrogen-bond acceptors (Lipinski definition) is 2. The van der Waals surface area contributed by atoms with E-state index in [1.165, 1.54) is 54.9 Å². The largest absolute Gasteiger partial charge is 0.248 e. The van der Waals surface area contributed by atoms with Crippen LogP contribution in [-0.2, 0) is 0 Å². The molecule has 0 fully saturated rings. The Labute approximate surface area is 255 Å². The molecule has 44 heavy (non-hydrogen) atoms. The van der Waals surface area contributed by atoms with Crippen LogP contribution in [0.15, 0.2) is 168 Å². The van der Waals surface area contributed by atoms with Crippen molar-refractivity contribution in [3.63, 3.8) is 0 Å². The first-order valence-corrected chi connectivity index (χ1v) is 15.0. The predicted molar refractivity (Wildman–Crippen MR) is 179 cm³/mol. The van der Waals surface area contributed by atoms with Crippen molar-refractivity contribution < 1.29 is 0 Å². The van der Waals surface area contributed by atoms with Crippen molar-refractivity contribution >= 4 is 11.4 Å². The van der Waals surface area contributed by atoms with Gasteiger partial charge in [-0.2, -0.15) is 0 Å². The van der Waals surface area contributed by atoms with Gasteiger partial charge in [0.15, 0.2) is 0 Å². The average molecular weight is 559 g/mol. The molecule has 0 bridgehead atoms. The van der Waals surface area contributed by atoms with Gasteiger partial charge in [0.1, 0.15) is 0 Å². The predicted octanol–water partition coefficient (Wildman–Crippen LogP) is 9.84. The van der Waals surface area contributed by atoms with Crippen LogP contribution in [-0.4, -0.2) is 0 Å². The van der Waals surface area contributed by atoms with Crippen LogP contribution >= 0.6 is 0 Å². The molecule has 2 heteroatoms. The van der Waals surface area contributed by atoms with E-state index in [4.69, 9.17) is 9.98 Å². The highest BCUT2D eigenvalue weighted by Crippen LogP contribution is 2.51. The molecule has 2 aliphatic rings. The van der Waals surface area contributed by atoms with Crippen LogP contribution in [0, 0.1) is 10.4 Å². The van der Waals surface area contributed by atoms with Gasteiger partial charge in [0.05, 0.1) is 22.1 Å². The summed E-state index contributed by atoms with van der Waals surface area (Å²) in [4.78, 5) is 10.4. The summed E-state index contributed by atoms with van der Waals surface area (Å²) < 4.78 is 0. The zero-order chi connectivity index (χ0) is 29.0. The Hall–Kier alpha value is -5.86. The molecular weight excluding hydrogens is 532 g/mol. The summed E-state index contributed by atoms with van der Waals surface area (Å²) in [5.74, 6) is 0. The van der Waals surface area contributed by atoms with Gasteiger partial charge in [-0.3, -0.25) is 0 Å². The van der Waals surface area contributed by atoms with Gasteiger partial charge in [-0.25, -0.2) is 9.98 Å². The summed E-state index contributed by atoms with van der Waals surface area (Å²) in [6, 6.07) is 56.1. The van der Waals surface area contributed by atoms with E-state index in [1.54, 1.807) is 0 Å². The minimum Gasteiger partial charge on any atom is -0.248 e. The molecule has 0 aliphatic carbocycles. The first-order chi connectivity index (χ1) is 21.8. The lowest BCUT2D eigenvalue weighted by Crippen LogP contribution is -2.01. The molecule has 0 unspecified atom stereocenters. The van der Waals surface area contributed by atoms with Crippen molar-refractivity contribution in [2.45, 2.75) is 0 Å². The molecular formula is C42H26N2. The van der Waals surface area contributed by atoms with E-state index in [0.717, 1.165) is 33.2 Å². The highest BCUT2D eigenvalue weighted by atomic mass is 14.8. The second-order valence-electron chi connectivity index (χ2n) is 11.3. The number of rotatable bonds is 4. The number of benzene rings is 7. The fourth-order valence-electron chi connectivity index (χ4n) is 6.90. The molecule has 9 rings (SSSR count). The molecule has 0 N–H and O–H groups in total. The van der Waals surface area contributed by atoms with E-state index >= 15 is 0 Å². The van der Waals surface area contributed by atoms with Crippen LogP contribution in [0.3, 0.4) is 0 Å². The standard InChI is InChI=1S/C42H26N2/c1-3-13-27(14-4-1)29-17-7-8-18-31(29)32-19-9-10-21-34(32)39-30(28-15-5-2-6-16-28)23-25-37-40(39)41-38(43-37)26-24-35-33-20-11-12-22-36(33)44-42(35)41/h1-26H. The number of para-hydroxylation sites is 1. The number of hydrogen-bond donors (Lipinski definition) is 0. The Balaban J connectivity index is 1.39. The Morgan fingerprint density at radius 1 is 0.295 bits per heavy atom. The highest BCUT2D eigenvalue weighted by Gasteiger charge is 2.27. The van der Waals surface area contributed by atoms with Crippen molar-refractivity contribution in [2.24, 2.45) is 9.98 Å². The third-order valence-electron chi connectivity index (χ3n) is 8.84. The lowest BCUT2D eigenvalue weighted by atomic mass is 9.82. The van der Waals surface area contributed by atoms with Crippen LogP contribution in [0.1, 0.15) is 0 Å². The van der Waals surface area contributed by atoms with Gasteiger partial charge in [-0.1, -0.05) is 133 Å². The molecule has 7 aromatic rings. The Morgan fingerprint density at radius 3 is 1.64 bits per heavy atom. The van der Waals surface area contributed by atoms with Gasteiger partial charge in [0.25, 0.3) is 0 Å². The Kier molecular flexibility index (Phi) is 5.54. The third kappa shape index (κ3) is 3.75. The molecule has 0 saturated heterocycles. The molecule has 204 valence electrons. The summed E-state index contributed by atoms with van der Waals surface area (Å²) >= 11 is 0. The van der Waals surface area contributed by atoms with Crippen molar-refractivity contribution in [1.29, 1.82) is 0 Å². The minimum atomic E-state index is 0.976. The molecule has 0 amide bonds. The molecule has 2 aliphatic heterocycles. The molecule has 0 radical (unpaired) electrons. The summed E-state index contributed by atoms with van der Waals surface area (Å²) in [5.41, 5.74) is 13.8. The Morgan fingerprint density at radius 2 is 0.886 bits per heavy atom. The number of fused-ring (bicyclic) bond motifs is 6.